The second-order valence-electron chi connectivity index (χ2n) is 5.33. The SMILES string of the molecule is CCc1ccc(OCC(=O)NN=C(C)c2cccc([N+](=O)[O-])c2)cc1. The van der Waals surface area contributed by atoms with Gasteiger partial charge in [-0.1, -0.05) is 31.2 Å². The van der Waals surface area contributed by atoms with Crippen LogP contribution in [0, 0.1) is 10.1 Å². The Kier molecular flexibility index (Phi) is 6.22. The van der Waals surface area contributed by atoms with Crippen LogP contribution in [-0.4, -0.2) is 23.1 Å². The number of non-ortho nitro benzene ring substituents is 1. The van der Waals surface area contributed by atoms with Crippen LogP contribution in [0.1, 0.15) is 25.0 Å². The molecule has 0 aromatic heterocycles. The molecule has 0 radical (unpaired) electrons. The zero-order chi connectivity index (χ0) is 18.2. The minimum Gasteiger partial charge on any atom is -0.484 e. The molecule has 2 rings (SSSR count). The Labute approximate surface area is 145 Å². The van der Waals surface area contributed by atoms with E-state index in [0.29, 0.717) is 17.0 Å². The zero-order valence-electron chi connectivity index (χ0n) is 14.1. The second kappa shape index (κ2) is 8.58. The Morgan fingerprint density at radius 1 is 1.24 bits per heavy atom. The van der Waals surface area contributed by atoms with Gasteiger partial charge in [-0.25, -0.2) is 5.43 Å². The number of rotatable bonds is 7. The highest BCUT2D eigenvalue weighted by Gasteiger charge is 2.08. The maximum Gasteiger partial charge on any atom is 0.277 e. The monoisotopic (exact) mass is 341 g/mol. The molecule has 0 bridgehead atoms. The number of ether oxygens (including phenoxy) is 1. The highest BCUT2D eigenvalue weighted by Crippen LogP contribution is 2.14. The molecule has 0 atom stereocenters. The molecular formula is C18H19N3O4. The van der Waals surface area contributed by atoms with Gasteiger partial charge in [0.05, 0.1) is 10.6 Å². The summed E-state index contributed by atoms with van der Waals surface area (Å²) in [6.45, 7) is 3.55. The number of hydrogen-bond donors (Lipinski definition) is 1. The van der Waals surface area contributed by atoms with Crippen molar-refractivity contribution in [3.05, 3.63) is 69.8 Å². The summed E-state index contributed by atoms with van der Waals surface area (Å²) in [6, 6.07) is 13.5. The van der Waals surface area contributed by atoms with Crippen LogP contribution in [0.15, 0.2) is 53.6 Å². The topological polar surface area (TPSA) is 93.8 Å². The smallest absolute Gasteiger partial charge is 0.277 e. The maximum atomic E-state index is 11.8. The predicted octanol–water partition coefficient (Wildman–Crippen LogP) is 3.08. The van der Waals surface area contributed by atoms with Crippen molar-refractivity contribution < 1.29 is 14.5 Å². The van der Waals surface area contributed by atoms with E-state index in [-0.39, 0.29) is 12.3 Å². The number of carbonyl (C=O) groups is 1. The summed E-state index contributed by atoms with van der Waals surface area (Å²) in [5.74, 6) is 0.191. The van der Waals surface area contributed by atoms with E-state index in [0.717, 1.165) is 6.42 Å². The molecule has 0 saturated heterocycles. The average Bonchev–Trinajstić information content (AvgIpc) is 2.64. The third-order valence-corrected chi connectivity index (χ3v) is 3.52. The van der Waals surface area contributed by atoms with Crippen molar-refractivity contribution in [3.63, 3.8) is 0 Å². The molecule has 0 aliphatic carbocycles. The summed E-state index contributed by atoms with van der Waals surface area (Å²) in [6.07, 6.45) is 0.937. The van der Waals surface area contributed by atoms with Gasteiger partial charge in [-0.05, 0) is 31.0 Å². The zero-order valence-corrected chi connectivity index (χ0v) is 14.1. The lowest BCUT2D eigenvalue weighted by Crippen LogP contribution is -2.25. The summed E-state index contributed by atoms with van der Waals surface area (Å²) < 4.78 is 5.39. The van der Waals surface area contributed by atoms with Crippen LogP contribution in [0.4, 0.5) is 5.69 Å². The van der Waals surface area contributed by atoms with Crippen LogP contribution < -0.4 is 10.2 Å². The standard InChI is InChI=1S/C18H19N3O4/c1-3-14-7-9-17(10-8-14)25-12-18(22)20-19-13(2)15-5-4-6-16(11-15)21(23)24/h4-11H,3,12H2,1-2H3,(H,20,22). The van der Waals surface area contributed by atoms with Gasteiger partial charge in [0.25, 0.3) is 11.6 Å². The molecule has 130 valence electrons. The maximum absolute atomic E-state index is 11.8. The second-order valence-corrected chi connectivity index (χ2v) is 5.33. The third-order valence-electron chi connectivity index (χ3n) is 3.52. The van der Waals surface area contributed by atoms with Crippen LogP contribution >= 0.6 is 0 Å². The summed E-state index contributed by atoms with van der Waals surface area (Å²) >= 11 is 0. The number of amides is 1. The molecule has 2 aromatic rings. The molecule has 7 heteroatoms. The van der Waals surface area contributed by atoms with E-state index < -0.39 is 10.8 Å². The molecule has 0 fully saturated rings. The van der Waals surface area contributed by atoms with Crippen molar-refractivity contribution in [2.24, 2.45) is 5.10 Å². The van der Waals surface area contributed by atoms with Gasteiger partial charge >= 0.3 is 0 Å². The Morgan fingerprint density at radius 3 is 2.60 bits per heavy atom. The van der Waals surface area contributed by atoms with E-state index in [1.54, 1.807) is 19.1 Å². The van der Waals surface area contributed by atoms with Crippen molar-refractivity contribution in [3.8, 4) is 5.75 Å². The predicted molar refractivity (Wildman–Crippen MR) is 94.8 cm³/mol. The van der Waals surface area contributed by atoms with Crippen LogP contribution in [0.2, 0.25) is 0 Å². The number of nitrogens with zero attached hydrogens (tertiary/aromatic N) is 2. The van der Waals surface area contributed by atoms with Crippen LogP contribution in [0.5, 0.6) is 5.75 Å². The molecule has 25 heavy (non-hydrogen) atoms. The number of nitrogens with one attached hydrogen (secondary N) is 1. The fraction of sp³-hybridized carbons (Fsp3) is 0.222. The van der Waals surface area contributed by atoms with E-state index in [4.69, 9.17) is 4.74 Å². The van der Waals surface area contributed by atoms with Crippen molar-refractivity contribution in [2.45, 2.75) is 20.3 Å². The van der Waals surface area contributed by atoms with E-state index in [2.05, 4.69) is 17.5 Å². The molecule has 0 aliphatic rings. The normalized spacial score (nSPS) is 11.0. The number of nitro groups is 1. The number of nitro benzene ring substituents is 1. The molecule has 1 N–H and O–H groups in total. The Bertz CT molecular complexity index is 785. The molecule has 0 aliphatic heterocycles. The lowest BCUT2D eigenvalue weighted by atomic mass is 10.1. The largest absolute Gasteiger partial charge is 0.484 e. The van der Waals surface area contributed by atoms with Gasteiger partial charge < -0.3 is 4.74 Å². The Morgan fingerprint density at radius 2 is 1.96 bits per heavy atom. The van der Waals surface area contributed by atoms with Gasteiger partial charge in [0.15, 0.2) is 6.61 Å². The summed E-state index contributed by atoms with van der Waals surface area (Å²) in [5, 5.41) is 14.7. The first-order valence-corrected chi connectivity index (χ1v) is 7.79. The third kappa shape index (κ3) is 5.42. The molecule has 0 saturated carbocycles. The van der Waals surface area contributed by atoms with Gasteiger partial charge in [-0.2, -0.15) is 5.10 Å². The molecule has 2 aromatic carbocycles. The molecular weight excluding hydrogens is 322 g/mol. The fourth-order valence-corrected chi connectivity index (χ4v) is 2.06. The van der Waals surface area contributed by atoms with Crippen molar-refractivity contribution in [2.75, 3.05) is 6.61 Å². The highest BCUT2D eigenvalue weighted by atomic mass is 16.6. The van der Waals surface area contributed by atoms with E-state index in [9.17, 15) is 14.9 Å². The summed E-state index contributed by atoms with van der Waals surface area (Å²) in [4.78, 5) is 22.1. The van der Waals surface area contributed by atoms with Gasteiger partial charge in [0.1, 0.15) is 5.75 Å². The minimum absolute atomic E-state index is 0.0303. The summed E-state index contributed by atoms with van der Waals surface area (Å²) in [7, 11) is 0. The first-order chi connectivity index (χ1) is 12.0. The van der Waals surface area contributed by atoms with E-state index in [1.807, 2.05) is 24.3 Å². The van der Waals surface area contributed by atoms with E-state index >= 15 is 0 Å². The molecule has 0 heterocycles. The van der Waals surface area contributed by atoms with Crippen molar-refractivity contribution in [1.82, 2.24) is 5.43 Å². The van der Waals surface area contributed by atoms with Gasteiger partial charge in [0.2, 0.25) is 0 Å². The molecule has 0 spiro atoms. The Hall–Kier alpha value is -3.22. The number of aryl methyl sites for hydroxylation is 1. The van der Waals surface area contributed by atoms with Gasteiger partial charge in [0, 0.05) is 17.7 Å². The first-order valence-electron chi connectivity index (χ1n) is 7.79. The minimum atomic E-state index is -0.479. The number of carbonyl (C=O) groups excluding carboxylic acids is 1. The van der Waals surface area contributed by atoms with Crippen LogP contribution in [-0.2, 0) is 11.2 Å². The fourth-order valence-electron chi connectivity index (χ4n) is 2.06. The lowest BCUT2D eigenvalue weighted by Gasteiger charge is -2.06. The molecule has 1 amide bonds. The molecule has 0 unspecified atom stereocenters. The van der Waals surface area contributed by atoms with Crippen molar-refractivity contribution >= 4 is 17.3 Å². The van der Waals surface area contributed by atoms with Crippen LogP contribution in [0.25, 0.3) is 0 Å². The average molecular weight is 341 g/mol. The quantitative estimate of drug-likeness (QED) is 0.476. The van der Waals surface area contributed by atoms with Gasteiger partial charge in [-0.15, -0.1) is 0 Å². The molecule has 7 nitrogen and oxygen atoms in total. The van der Waals surface area contributed by atoms with Gasteiger partial charge in [-0.3, -0.25) is 14.9 Å². The lowest BCUT2D eigenvalue weighted by molar-refractivity contribution is -0.384. The highest BCUT2D eigenvalue weighted by molar-refractivity contribution is 5.99. The summed E-state index contributed by atoms with van der Waals surface area (Å²) in [5.41, 5.74) is 4.56. The Balaban J connectivity index is 1.90. The number of hydrogen-bond acceptors (Lipinski definition) is 5. The van der Waals surface area contributed by atoms with Crippen molar-refractivity contribution in [1.29, 1.82) is 0 Å². The number of hydrazone groups is 1. The number of benzene rings is 2. The van der Waals surface area contributed by atoms with Crippen LogP contribution in [0.3, 0.4) is 0 Å². The van der Waals surface area contributed by atoms with E-state index in [1.165, 1.54) is 17.7 Å². The first kappa shape index (κ1) is 18.1.